The number of amides is 2. The Morgan fingerprint density at radius 1 is 0.906 bits per heavy atom. The van der Waals surface area contributed by atoms with Gasteiger partial charge >= 0.3 is 6.18 Å². The number of hydrogen-bond acceptors (Lipinski definition) is 2. The third-order valence-corrected chi connectivity index (χ3v) is 6.20. The van der Waals surface area contributed by atoms with Crippen molar-refractivity contribution in [2.24, 2.45) is 0 Å². The molecule has 0 aromatic heterocycles. The minimum absolute atomic E-state index is 0.112. The van der Waals surface area contributed by atoms with E-state index in [0.29, 0.717) is 24.1 Å². The highest BCUT2D eigenvalue weighted by molar-refractivity contribution is 6.04. The molecule has 3 aromatic rings. The molecule has 4 nitrogen and oxygen atoms in total. The van der Waals surface area contributed by atoms with Crippen molar-refractivity contribution in [2.45, 2.75) is 24.6 Å². The minimum atomic E-state index is -4.45. The predicted molar refractivity (Wildman–Crippen MR) is 113 cm³/mol. The number of nitrogens with one attached hydrogen (secondary N) is 1. The molecule has 0 saturated carbocycles. The van der Waals surface area contributed by atoms with Crippen LogP contribution in [-0.4, -0.2) is 23.3 Å². The maximum atomic E-state index is 13.5. The van der Waals surface area contributed by atoms with Crippen LogP contribution in [0.2, 0.25) is 0 Å². The molecule has 2 aliphatic rings. The fourth-order valence-corrected chi connectivity index (χ4v) is 4.72. The molecule has 2 atom stereocenters. The Kier molecular flexibility index (Phi) is 4.77. The lowest BCUT2D eigenvalue weighted by molar-refractivity contribution is -0.137. The molecule has 0 fully saturated rings. The Balaban J connectivity index is 1.55. The van der Waals surface area contributed by atoms with Gasteiger partial charge in [0.15, 0.2) is 0 Å². The highest BCUT2D eigenvalue weighted by Gasteiger charge is 2.46. The Labute approximate surface area is 182 Å². The zero-order valence-electron chi connectivity index (χ0n) is 16.9. The van der Waals surface area contributed by atoms with Crippen LogP contribution in [0.5, 0.6) is 0 Å². The van der Waals surface area contributed by atoms with Gasteiger partial charge in [0.2, 0.25) is 5.91 Å². The normalized spacial score (nSPS) is 19.6. The summed E-state index contributed by atoms with van der Waals surface area (Å²) >= 11 is 0. The largest absolute Gasteiger partial charge is 0.416 e. The number of anilines is 1. The predicted octanol–water partition coefficient (Wildman–Crippen LogP) is 5.18. The van der Waals surface area contributed by atoms with E-state index in [9.17, 15) is 22.8 Å². The van der Waals surface area contributed by atoms with Crippen LogP contribution in [0.1, 0.15) is 44.6 Å². The lowest BCUT2D eigenvalue weighted by atomic mass is 9.76. The van der Waals surface area contributed by atoms with Crippen molar-refractivity contribution in [3.8, 4) is 0 Å². The van der Waals surface area contributed by atoms with Crippen molar-refractivity contribution in [1.29, 1.82) is 0 Å². The van der Waals surface area contributed by atoms with Crippen molar-refractivity contribution >= 4 is 17.5 Å². The van der Waals surface area contributed by atoms with Crippen molar-refractivity contribution in [3.63, 3.8) is 0 Å². The summed E-state index contributed by atoms with van der Waals surface area (Å²) in [5.74, 6) is -1.16. The number of halogens is 3. The summed E-state index contributed by atoms with van der Waals surface area (Å²) in [6, 6.07) is 18.7. The second kappa shape index (κ2) is 7.51. The maximum Gasteiger partial charge on any atom is 0.416 e. The highest BCUT2D eigenvalue weighted by Crippen LogP contribution is 2.46. The van der Waals surface area contributed by atoms with E-state index in [1.807, 2.05) is 24.3 Å². The number of carbonyl (C=O) groups excluding carboxylic acids is 2. The lowest BCUT2D eigenvalue weighted by Crippen LogP contribution is -2.49. The van der Waals surface area contributed by atoms with Crippen LogP contribution in [0.3, 0.4) is 0 Å². The fraction of sp³-hybridized carbons (Fsp3) is 0.200. The van der Waals surface area contributed by atoms with Crippen LogP contribution in [0.25, 0.3) is 0 Å². The summed E-state index contributed by atoms with van der Waals surface area (Å²) in [7, 11) is 0. The first-order valence-electron chi connectivity index (χ1n) is 10.3. The van der Waals surface area contributed by atoms with E-state index in [-0.39, 0.29) is 17.5 Å². The lowest BCUT2D eigenvalue weighted by Gasteiger charge is -2.45. The third kappa shape index (κ3) is 3.34. The van der Waals surface area contributed by atoms with E-state index < -0.39 is 23.7 Å². The molecule has 2 aliphatic heterocycles. The smallest absolute Gasteiger partial charge is 0.330 e. The first-order chi connectivity index (χ1) is 15.3. The number of rotatable bonds is 2. The molecule has 1 N–H and O–H groups in total. The number of nitrogens with zero attached hydrogens (tertiary/aromatic N) is 1. The fourth-order valence-electron chi connectivity index (χ4n) is 4.72. The monoisotopic (exact) mass is 436 g/mol. The van der Waals surface area contributed by atoms with Crippen molar-refractivity contribution < 1.29 is 22.8 Å². The van der Waals surface area contributed by atoms with Crippen molar-refractivity contribution in [1.82, 2.24) is 4.90 Å². The zero-order valence-corrected chi connectivity index (χ0v) is 16.9. The second-order valence-electron chi connectivity index (χ2n) is 8.02. The molecule has 0 saturated heterocycles. The topological polar surface area (TPSA) is 49.4 Å². The number of hydrogen-bond donors (Lipinski definition) is 1. The van der Waals surface area contributed by atoms with E-state index in [1.165, 1.54) is 12.1 Å². The summed E-state index contributed by atoms with van der Waals surface area (Å²) in [6.45, 7) is 0.499. The van der Waals surface area contributed by atoms with Crippen molar-refractivity contribution in [2.75, 3.05) is 11.9 Å². The van der Waals surface area contributed by atoms with Gasteiger partial charge in [0.05, 0.1) is 17.5 Å². The van der Waals surface area contributed by atoms with E-state index in [4.69, 9.17) is 0 Å². The summed E-state index contributed by atoms with van der Waals surface area (Å²) in [4.78, 5) is 28.5. The Morgan fingerprint density at radius 2 is 1.56 bits per heavy atom. The van der Waals surface area contributed by atoms with E-state index >= 15 is 0 Å². The molecular formula is C25H19F3N2O2. The molecule has 3 aromatic carbocycles. The van der Waals surface area contributed by atoms with E-state index in [0.717, 1.165) is 23.3 Å². The number of fused-ring (bicyclic) bond motifs is 4. The van der Waals surface area contributed by atoms with Crippen LogP contribution in [0, 0.1) is 0 Å². The molecule has 2 heterocycles. The van der Waals surface area contributed by atoms with E-state index in [2.05, 4.69) is 5.32 Å². The SMILES string of the molecule is O=C(Nc1ccc(C(F)(F)F)cc1)[C@@H]1c2ccccc2C(=O)N2CCc3ccccc3[C@@H]12. The van der Waals surface area contributed by atoms with E-state index in [1.54, 1.807) is 29.2 Å². The molecular weight excluding hydrogens is 417 g/mol. The average molecular weight is 436 g/mol. The zero-order chi connectivity index (χ0) is 22.5. The molecule has 162 valence electrons. The molecule has 5 rings (SSSR count). The first-order valence-corrected chi connectivity index (χ1v) is 10.3. The van der Waals surface area contributed by atoms with Crippen LogP contribution in [0.4, 0.5) is 18.9 Å². The molecule has 32 heavy (non-hydrogen) atoms. The van der Waals surface area contributed by atoms with Gasteiger partial charge in [-0.05, 0) is 53.4 Å². The van der Waals surface area contributed by atoms with Gasteiger partial charge in [-0.3, -0.25) is 9.59 Å². The Morgan fingerprint density at radius 3 is 2.28 bits per heavy atom. The van der Waals surface area contributed by atoms with Gasteiger partial charge in [0.1, 0.15) is 0 Å². The third-order valence-electron chi connectivity index (χ3n) is 6.20. The quantitative estimate of drug-likeness (QED) is 0.602. The molecule has 0 spiro atoms. The average Bonchev–Trinajstić information content (AvgIpc) is 2.79. The van der Waals surface area contributed by atoms with Gasteiger partial charge in [-0.25, -0.2) is 0 Å². The van der Waals surface area contributed by atoms with Gasteiger partial charge in [0, 0.05) is 17.8 Å². The van der Waals surface area contributed by atoms with Crippen LogP contribution in [-0.2, 0) is 17.4 Å². The van der Waals surface area contributed by atoms with Crippen molar-refractivity contribution in [3.05, 3.63) is 101 Å². The Bertz CT molecular complexity index is 1200. The molecule has 0 aliphatic carbocycles. The number of benzene rings is 3. The standard InChI is InChI=1S/C25H19F3N2O2/c26-25(27,28)16-9-11-17(12-10-16)29-23(31)21-19-7-3-4-8-20(19)24(32)30-14-13-15-5-1-2-6-18(15)22(21)30/h1-12,21-22H,13-14H2,(H,29,31)/t21-,22+/m1/s1. The summed E-state index contributed by atoms with van der Waals surface area (Å²) in [5.41, 5.74) is 2.61. The van der Waals surface area contributed by atoms with Gasteiger partial charge in [0.25, 0.3) is 5.91 Å². The summed E-state index contributed by atoms with van der Waals surface area (Å²) < 4.78 is 38.6. The highest BCUT2D eigenvalue weighted by atomic mass is 19.4. The van der Waals surface area contributed by atoms with Gasteiger partial charge < -0.3 is 10.2 Å². The summed E-state index contributed by atoms with van der Waals surface area (Å²) in [6.07, 6.45) is -3.74. The molecule has 0 unspecified atom stereocenters. The molecule has 2 amide bonds. The molecule has 7 heteroatoms. The van der Waals surface area contributed by atoms with Crippen LogP contribution in [0.15, 0.2) is 72.8 Å². The number of alkyl halides is 3. The van der Waals surface area contributed by atoms with Gasteiger partial charge in [-0.2, -0.15) is 13.2 Å². The summed E-state index contributed by atoms with van der Waals surface area (Å²) in [5, 5.41) is 2.77. The number of carbonyl (C=O) groups is 2. The van der Waals surface area contributed by atoms with Crippen LogP contribution >= 0.6 is 0 Å². The maximum absolute atomic E-state index is 13.5. The Hall–Kier alpha value is -3.61. The molecule has 0 radical (unpaired) electrons. The minimum Gasteiger partial charge on any atom is -0.330 e. The first kappa shape index (κ1) is 20.3. The van der Waals surface area contributed by atoms with Gasteiger partial charge in [-0.15, -0.1) is 0 Å². The van der Waals surface area contributed by atoms with Crippen LogP contribution < -0.4 is 5.32 Å². The second-order valence-corrected chi connectivity index (χ2v) is 8.02. The molecule has 0 bridgehead atoms. The van der Waals surface area contributed by atoms with Gasteiger partial charge in [-0.1, -0.05) is 42.5 Å².